The van der Waals surface area contributed by atoms with Crippen molar-refractivity contribution in [1.82, 2.24) is 4.90 Å². The molecule has 0 spiro atoms. The first-order chi connectivity index (χ1) is 8.40. The quantitative estimate of drug-likeness (QED) is 0.922. The zero-order valence-corrected chi connectivity index (χ0v) is 12.5. The van der Waals surface area contributed by atoms with Crippen LogP contribution < -0.4 is 0 Å². The second-order valence-corrected chi connectivity index (χ2v) is 6.35. The lowest BCUT2D eigenvalue weighted by Crippen LogP contribution is -2.31. The Kier molecular flexibility index (Phi) is 3.99. The SMILES string of the molecule is CC1(C(=O)O)CCN(Cc2ccc(Cl)cc2Br)C1. The highest BCUT2D eigenvalue weighted by Gasteiger charge is 2.40. The van der Waals surface area contributed by atoms with Crippen LogP contribution in [0.5, 0.6) is 0 Å². The van der Waals surface area contributed by atoms with Gasteiger partial charge >= 0.3 is 5.97 Å². The van der Waals surface area contributed by atoms with E-state index in [-0.39, 0.29) is 0 Å². The Morgan fingerprint density at radius 3 is 2.89 bits per heavy atom. The molecule has 3 nitrogen and oxygen atoms in total. The number of nitrogens with zero attached hydrogens (tertiary/aromatic N) is 1. The lowest BCUT2D eigenvalue weighted by molar-refractivity contribution is -0.147. The molecule has 1 N–H and O–H groups in total. The van der Waals surface area contributed by atoms with E-state index >= 15 is 0 Å². The van der Waals surface area contributed by atoms with Crippen LogP contribution in [0.2, 0.25) is 5.02 Å². The van der Waals surface area contributed by atoms with E-state index in [0.29, 0.717) is 18.0 Å². The van der Waals surface area contributed by atoms with E-state index in [2.05, 4.69) is 20.8 Å². The topological polar surface area (TPSA) is 40.5 Å². The third-order valence-electron chi connectivity index (χ3n) is 3.48. The van der Waals surface area contributed by atoms with Gasteiger partial charge in [0, 0.05) is 22.6 Å². The lowest BCUT2D eigenvalue weighted by Gasteiger charge is -2.20. The second kappa shape index (κ2) is 5.19. The van der Waals surface area contributed by atoms with E-state index in [1.54, 1.807) is 0 Å². The average Bonchev–Trinajstić information content (AvgIpc) is 2.66. The predicted molar refractivity (Wildman–Crippen MR) is 74.8 cm³/mol. The minimum absolute atomic E-state index is 0.595. The Balaban J connectivity index is 2.06. The fourth-order valence-electron chi connectivity index (χ4n) is 2.26. The van der Waals surface area contributed by atoms with Gasteiger partial charge in [-0.15, -0.1) is 0 Å². The van der Waals surface area contributed by atoms with Crippen LogP contribution in [0.15, 0.2) is 22.7 Å². The number of carboxylic acid groups (broad SMARTS) is 1. The summed E-state index contributed by atoms with van der Waals surface area (Å²) in [6.45, 7) is 3.97. The molecule has 1 saturated heterocycles. The van der Waals surface area contributed by atoms with Gasteiger partial charge in [-0.2, -0.15) is 0 Å². The van der Waals surface area contributed by atoms with Crippen molar-refractivity contribution in [2.24, 2.45) is 5.41 Å². The van der Waals surface area contributed by atoms with Crippen molar-refractivity contribution in [3.05, 3.63) is 33.3 Å². The first-order valence-corrected chi connectivity index (χ1v) is 6.97. The molecule has 1 fully saturated rings. The van der Waals surface area contributed by atoms with Crippen molar-refractivity contribution in [2.45, 2.75) is 19.9 Å². The molecule has 1 aliphatic heterocycles. The van der Waals surface area contributed by atoms with Crippen LogP contribution >= 0.6 is 27.5 Å². The number of carboxylic acids is 1. The number of carbonyl (C=O) groups is 1. The molecule has 1 atom stereocenters. The van der Waals surface area contributed by atoms with Crippen LogP contribution in [0.1, 0.15) is 18.9 Å². The van der Waals surface area contributed by atoms with Crippen molar-refractivity contribution in [3.63, 3.8) is 0 Å². The van der Waals surface area contributed by atoms with Crippen LogP contribution in [-0.2, 0) is 11.3 Å². The van der Waals surface area contributed by atoms with E-state index in [4.69, 9.17) is 11.6 Å². The zero-order chi connectivity index (χ0) is 13.3. The Morgan fingerprint density at radius 1 is 1.61 bits per heavy atom. The molecule has 2 rings (SSSR count). The van der Waals surface area contributed by atoms with Gasteiger partial charge in [-0.25, -0.2) is 0 Å². The Bertz CT molecular complexity index is 480. The summed E-state index contributed by atoms with van der Waals surface area (Å²) < 4.78 is 0.971. The van der Waals surface area contributed by atoms with E-state index in [0.717, 1.165) is 23.1 Å². The summed E-state index contributed by atoms with van der Waals surface area (Å²) in [5, 5.41) is 9.89. The van der Waals surface area contributed by atoms with Crippen LogP contribution in [0.25, 0.3) is 0 Å². The van der Waals surface area contributed by atoms with Gasteiger partial charge in [-0.05, 0) is 37.6 Å². The number of aliphatic carboxylic acids is 1. The number of benzene rings is 1. The fourth-order valence-corrected chi connectivity index (χ4v) is 3.06. The molecule has 0 bridgehead atoms. The minimum Gasteiger partial charge on any atom is -0.481 e. The summed E-state index contributed by atoms with van der Waals surface area (Å²) >= 11 is 9.38. The maximum Gasteiger partial charge on any atom is 0.310 e. The average molecular weight is 333 g/mol. The molecular formula is C13H15BrClNO2. The van der Waals surface area contributed by atoms with Crippen molar-refractivity contribution in [1.29, 1.82) is 0 Å². The van der Waals surface area contributed by atoms with E-state index in [1.807, 2.05) is 25.1 Å². The summed E-state index contributed by atoms with van der Waals surface area (Å²) in [6.07, 6.45) is 0.702. The van der Waals surface area contributed by atoms with Gasteiger partial charge in [0.1, 0.15) is 0 Å². The Morgan fingerprint density at radius 2 is 2.33 bits per heavy atom. The second-order valence-electron chi connectivity index (χ2n) is 5.06. The van der Waals surface area contributed by atoms with Crippen LogP contribution in [0.3, 0.4) is 0 Å². The maximum atomic E-state index is 11.2. The smallest absolute Gasteiger partial charge is 0.310 e. The van der Waals surface area contributed by atoms with Gasteiger partial charge in [0.05, 0.1) is 5.41 Å². The van der Waals surface area contributed by atoms with E-state index < -0.39 is 11.4 Å². The highest BCUT2D eigenvalue weighted by atomic mass is 79.9. The van der Waals surface area contributed by atoms with Gasteiger partial charge in [0.2, 0.25) is 0 Å². The molecular weight excluding hydrogens is 318 g/mol. The molecule has 5 heteroatoms. The highest BCUT2D eigenvalue weighted by molar-refractivity contribution is 9.10. The lowest BCUT2D eigenvalue weighted by atomic mass is 9.90. The summed E-state index contributed by atoms with van der Waals surface area (Å²) in [5.41, 5.74) is 0.521. The van der Waals surface area contributed by atoms with Gasteiger partial charge in [0.25, 0.3) is 0 Å². The third-order valence-corrected chi connectivity index (χ3v) is 4.45. The van der Waals surface area contributed by atoms with E-state index in [1.165, 1.54) is 0 Å². The summed E-state index contributed by atoms with van der Waals surface area (Å²) in [7, 11) is 0. The monoisotopic (exact) mass is 331 g/mol. The summed E-state index contributed by atoms with van der Waals surface area (Å²) in [5.74, 6) is -0.708. The summed E-state index contributed by atoms with van der Waals surface area (Å²) in [6, 6.07) is 5.69. The Labute approximate surface area is 120 Å². The van der Waals surface area contributed by atoms with Crippen LogP contribution in [0, 0.1) is 5.41 Å². The third kappa shape index (κ3) is 2.87. The molecule has 1 heterocycles. The fraction of sp³-hybridized carbons (Fsp3) is 0.462. The number of halogens is 2. The molecule has 1 aliphatic rings. The minimum atomic E-state index is -0.708. The first-order valence-electron chi connectivity index (χ1n) is 5.80. The highest BCUT2D eigenvalue weighted by Crippen LogP contribution is 2.32. The van der Waals surface area contributed by atoms with Gasteiger partial charge in [-0.3, -0.25) is 9.69 Å². The molecule has 0 saturated carbocycles. The molecule has 1 aromatic carbocycles. The van der Waals surface area contributed by atoms with Crippen LogP contribution in [0.4, 0.5) is 0 Å². The summed E-state index contributed by atoms with van der Waals surface area (Å²) in [4.78, 5) is 13.3. The molecule has 0 aromatic heterocycles. The largest absolute Gasteiger partial charge is 0.481 e. The van der Waals surface area contributed by atoms with Crippen molar-refractivity contribution < 1.29 is 9.90 Å². The zero-order valence-electron chi connectivity index (χ0n) is 10.1. The normalized spacial score (nSPS) is 24.4. The standard InChI is InChI=1S/C13H15BrClNO2/c1-13(12(17)18)4-5-16(8-13)7-9-2-3-10(15)6-11(9)14/h2-3,6H,4-5,7-8H2,1H3,(H,17,18). The predicted octanol–water partition coefficient (Wildman–Crippen LogP) is 3.40. The van der Waals surface area contributed by atoms with Crippen molar-refractivity contribution >= 4 is 33.5 Å². The van der Waals surface area contributed by atoms with Crippen LogP contribution in [-0.4, -0.2) is 29.1 Å². The van der Waals surface area contributed by atoms with Gasteiger partial charge < -0.3 is 5.11 Å². The molecule has 18 heavy (non-hydrogen) atoms. The Hall–Kier alpha value is -0.580. The number of likely N-dealkylation sites (tertiary alicyclic amines) is 1. The number of rotatable bonds is 3. The molecule has 1 unspecified atom stereocenters. The van der Waals surface area contributed by atoms with Crippen molar-refractivity contribution in [3.8, 4) is 0 Å². The molecule has 1 aromatic rings. The number of hydrogen-bond donors (Lipinski definition) is 1. The molecule has 0 aliphatic carbocycles. The van der Waals surface area contributed by atoms with Gasteiger partial charge in [0.15, 0.2) is 0 Å². The molecule has 98 valence electrons. The molecule has 0 radical (unpaired) electrons. The first kappa shape index (κ1) is 13.8. The number of hydrogen-bond acceptors (Lipinski definition) is 2. The van der Waals surface area contributed by atoms with Gasteiger partial charge in [-0.1, -0.05) is 33.6 Å². The van der Waals surface area contributed by atoms with E-state index in [9.17, 15) is 9.90 Å². The maximum absolute atomic E-state index is 11.2. The molecule has 0 amide bonds. The van der Waals surface area contributed by atoms with Crippen molar-refractivity contribution in [2.75, 3.05) is 13.1 Å².